The van der Waals surface area contributed by atoms with Crippen molar-refractivity contribution in [3.63, 3.8) is 0 Å². The standard InChI is InChI=1S/C10H23O3P/c1-4-11-14(12-5-2,13-6-3)9-7-8-10-14/h4-10H2,1-3H3. The van der Waals surface area contributed by atoms with E-state index in [1.807, 2.05) is 20.8 Å². The number of hydrogen-bond donors (Lipinski definition) is 0. The zero-order valence-electron chi connectivity index (χ0n) is 9.62. The molecule has 0 atom stereocenters. The Bertz CT molecular complexity index is 154. The third-order valence-corrected chi connectivity index (χ3v) is 7.54. The van der Waals surface area contributed by atoms with Gasteiger partial charge in [0.05, 0.1) is 0 Å². The molecule has 14 heavy (non-hydrogen) atoms. The first-order chi connectivity index (χ1) is 6.70. The molecule has 86 valence electrons. The first kappa shape index (κ1) is 12.4. The van der Waals surface area contributed by atoms with Crippen LogP contribution in [0.5, 0.6) is 0 Å². The maximum absolute atomic E-state index is 5.94. The first-order valence-electron chi connectivity index (χ1n) is 5.67. The third-order valence-electron chi connectivity index (χ3n) is 2.68. The van der Waals surface area contributed by atoms with Crippen LogP contribution in [0, 0.1) is 0 Å². The van der Waals surface area contributed by atoms with Crippen LogP contribution in [0.4, 0.5) is 0 Å². The van der Waals surface area contributed by atoms with E-state index in [0.29, 0.717) is 19.8 Å². The molecule has 0 unspecified atom stereocenters. The zero-order chi connectivity index (χ0) is 10.5. The van der Waals surface area contributed by atoms with E-state index >= 15 is 0 Å². The van der Waals surface area contributed by atoms with Crippen molar-refractivity contribution in [1.29, 1.82) is 0 Å². The molecule has 0 bridgehead atoms. The van der Waals surface area contributed by atoms with Crippen LogP contribution in [0.2, 0.25) is 0 Å². The van der Waals surface area contributed by atoms with E-state index in [2.05, 4.69) is 0 Å². The predicted molar refractivity (Wildman–Crippen MR) is 60.8 cm³/mol. The Morgan fingerprint density at radius 1 is 0.786 bits per heavy atom. The van der Waals surface area contributed by atoms with Crippen molar-refractivity contribution in [2.45, 2.75) is 33.6 Å². The maximum atomic E-state index is 5.94. The molecule has 0 spiro atoms. The van der Waals surface area contributed by atoms with Crippen molar-refractivity contribution in [2.24, 2.45) is 0 Å². The molecular formula is C10H23O3P. The predicted octanol–water partition coefficient (Wildman–Crippen LogP) is 3.19. The molecule has 0 N–H and O–H groups in total. The van der Waals surface area contributed by atoms with Gasteiger partial charge in [-0.1, -0.05) is 0 Å². The first-order valence-corrected chi connectivity index (χ1v) is 8.03. The molecule has 0 amide bonds. The van der Waals surface area contributed by atoms with Gasteiger partial charge in [0.2, 0.25) is 0 Å². The Morgan fingerprint density at radius 3 is 1.43 bits per heavy atom. The molecule has 0 aromatic carbocycles. The molecule has 0 aliphatic carbocycles. The summed E-state index contributed by atoms with van der Waals surface area (Å²) in [5, 5.41) is 0. The molecule has 0 aromatic heterocycles. The van der Waals surface area contributed by atoms with E-state index in [1.165, 1.54) is 12.8 Å². The third kappa shape index (κ3) is 2.27. The average molecular weight is 222 g/mol. The van der Waals surface area contributed by atoms with E-state index < -0.39 is 7.28 Å². The van der Waals surface area contributed by atoms with Gasteiger partial charge in [0.1, 0.15) is 0 Å². The van der Waals surface area contributed by atoms with Crippen LogP contribution >= 0.6 is 7.28 Å². The summed E-state index contributed by atoms with van der Waals surface area (Å²) >= 11 is 0. The van der Waals surface area contributed by atoms with Crippen molar-refractivity contribution in [1.82, 2.24) is 0 Å². The fraction of sp³-hybridized carbons (Fsp3) is 1.00. The number of rotatable bonds is 6. The second-order valence-corrected chi connectivity index (χ2v) is 7.74. The Morgan fingerprint density at radius 2 is 1.14 bits per heavy atom. The van der Waals surface area contributed by atoms with Gasteiger partial charge in [-0.15, -0.1) is 0 Å². The quantitative estimate of drug-likeness (QED) is 0.646. The van der Waals surface area contributed by atoms with Crippen LogP contribution < -0.4 is 0 Å². The van der Waals surface area contributed by atoms with Crippen LogP contribution in [0.15, 0.2) is 0 Å². The number of hydrogen-bond acceptors (Lipinski definition) is 3. The van der Waals surface area contributed by atoms with Gasteiger partial charge in [0.25, 0.3) is 0 Å². The van der Waals surface area contributed by atoms with Gasteiger partial charge in [-0.25, -0.2) is 0 Å². The van der Waals surface area contributed by atoms with Crippen LogP contribution in [-0.2, 0) is 13.6 Å². The van der Waals surface area contributed by atoms with E-state index in [4.69, 9.17) is 13.6 Å². The Balaban J connectivity index is 2.81. The summed E-state index contributed by atoms with van der Waals surface area (Å²) in [6, 6.07) is 0. The minimum absolute atomic E-state index is 0.692. The molecule has 3 nitrogen and oxygen atoms in total. The van der Waals surface area contributed by atoms with Crippen molar-refractivity contribution in [3.05, 3.63) is 0 Å². The molecule has 4 heteroatoms. The van der Waals surface area contributed by atoms with Gasteiger partial charge in [0, 0.05) is 0 Å². The molecule has 1 fully saturated rings. The fourth-order valence-electron chi connectivity index (χ4n) is 2.31. The molecule has 1 aliphatic heterocycles. The monoisotopic (exact) mass is 222 g/mol. The summed E-state index contributed by atoms with van der Waals surface area (Å²) < 4.78 is 17.8. The van der Waals surface area contributed by atoms with Crippen molar-refractivity contribution in [3.8, 4) is 0 Å². The van der Waals surface area contributed by atoms with Gasteiger partial charge in [-0.2, -0.15) is 0 Å². The molecule has 1 rings (SSSR count). The molecule has 1 saturated heterocycles. The normalized spacial score (nSPS) is 26.9. The molecule has 0 radical (unpaired) electrons. The minimum atomic E-state index is -2.65. The topological polar surface area (TPSA) is 27.7 Å². The van der Waals surface area contributed by atoms with Gasteiger partial charge in [-0.3, -0.25) is 0 Å². The van der Waals surface area contributed by atoms with Crippen LogP contribution in [-0.4, -0.2) is 32.1 Å². The Hall–Kier alpha value is 0.310. The van der Waals surface area contributed by atoms with Gasteiger partial charge >= 0.3 is 86.6 Å². The van der Waals surface area contributed by atoms with Gasteiger partial charge in [0.15, 0.2) is 0 Å². The van der Waals surface area contributed by atoms with Crippen molar-refractivity contribution in [2.75, 3.05) is 32.1 Å². The summed E-state index contributed by atoms with van der Waals surface area (Å²) in [6.45, 7) is 8.13. The van der Waals surface area contributed by atoms with E-state index in [1.54, 1.807) is 0 Å². The van der Waals surface area contributed by atoms with Crippen molar-refractivity contribution >= 4 is 7.28 Å². The van der Waals surface area contributed by atoms with Crippen LogP contribution in [0.1, 0.15) is 33.6 Å². The zero-order valence-corrected chi connectivity index (χ0v) is 10.5. The fourth-order valence-corrected chi connectivity index (χ4v) is 6.93. The Kier molecular flexibility index (Phi) is 4.32. The summed E-state index contributed by atoms with van der Waals surface area (Å²) in [6.07, 6.45) is 4.33. The molecule has 1 aliphatic rings. The van der Waals surface area contributed by atoms with Crippen LogP contribution in [0.3, 0.4) is 0 Å². The van der Waals surface area contributed by atoms with Crippen molar-refractivity contribution < 1.29 is 13.6 Å². The average Bonchev–Trinajstić information content (AvgIpc) is 2.52. The molecule has 0 aromatic rings. The second kappa shape index (κ2) is 4.89. The van der Waals surface area contributed by atoms with E-state index in [-0.39, 0.29) is 0 Å². The molecular weight excluding hydrogens is 199 g/mol. The Labute approximate surface area is 87.3 Å². The van der Waals surface area contributed by atoms with E-state index in [9.17, 15) is 0 Å². The molecule has 0 saturated carbocycles. The SMILES string of the molecule is CCOP1(OCC)(OCC)CCCC1. The van der Waals surface area contributed by atoms with Crippen LogP contribution in [0.25, 0.3) is 0 Å². The summed E-state index contributed by atoms with van der Waals surface area (Å²) in [5.74, 6) is 0. The van der Waals surface area contributed by atoms with E-state index in [0.717, 1.165) is 12.3 Å². The summed E-state index contributed by atoms with van der Waals surface area (Å²) in [4.78, 5) is 0. The van der Waals surface area contributed by atoms with Gasteiger partial charge in [-0.05, 0) is 0 Å². The summed E-state index contributed by atoms with van der Waals surface area (Å²) in [7, 11) is -2.65. The molecule has 1 heterocycles. The summed E-state index contributed by atoms with van der Waals surface area (Å²) in [5.41, 5.74) is 0. The second-order valence-electron chi connectivity index (χ2n) is 3.63. The van der Waals surface area contributed by atoms with Gasteiger partial charge < -0.3 is 0 Å².